The van der Waals surface area contributed by atoms with Gasteiger partial charge >= 0.3 is 0 Å². The molecule has 1 saturated carbocycles. The monoisotopic (exact) mass is 802 g/mol. The number of nitrogens with zero attached hydrogens (tertiary/aromatic N) is 1. The number of halogens is 3. The summed E-state index contributed by atoms with van der Waals surface area (Å²) in [7, 11) is 0. The average molecular weight is 803 g/mol. The van der Waals surface area contributed by atoms with Crippen LogP contribution in [0.25, 0.3) is 0 Å². The van der Waals surface area contributed by atoms with E-state index in [0.29, 0.717) is 6.61 Å². The van der Waals surface area contributed by atoms with Crippen molar-refractivity contribution in [2.75, 3.05) is 0 Å². The van der Waals surface area contributed by atoms with E-state index in [4.69, 9.17) is 9.73 Å². The number of nitrogens with one attached hydrogen (secondary N) is 1. The van der Waals surface area contributed by atoms with Gasteiger partial charge in [-0.2, -0.15) is 0 Å². The molecule has 0 bridgehead atoms. The molecule has 37 heavy (non-hydrogen) atoms. The Morgan fingerprint density at radius 2 is 1.84 bits per heavy atom. The molecule has 0 aliphatic heterocycles. The van der Waals surface area contributed by atoms with Crippen molar-refractivity contribution in [1.82, 2.24) is 5.32 Å². The van der Waals surface area contributed by atoms with Crippen molar-refractivity contribution in [3.63, 3.8) is 0 Å². The SMILES string of the molecule is O=C(NC1CCCCC1)c1c(N=Cc2cc(I)cc(I)c2OCc2ccc(Br)cc2)sc2c1CCCC2. The summed E-state index contributed by atoms with van der Waals surface area (Å²) in [6.07, 6.45) is 12.1. The van der Waals surface area contributed by atoms with Crippen LogP contribution in [0.15, 0.2) is 45.9 Å². The second-order valence-electron chi connectivity index (χ2n) is 9.68. The number of hydrogen-bond acceptors (Lipinski definition) is 4. The highest BCUT2D eigenvalue weighted by molar-refractivity contribution is 14.1. The Kier molecular flexibility index (Phi) is 9.63. The molecule has 0 radical (unpaired) electrons. The quantitative estimate of drug-likeness (QED) is 0.192. The van der Waals surface area contributed by atoms with Crippen LogP contribution in [0.5, 0.6) is 5.75 Å². The molecule has 1 N–H and O–H groups in total. The molecule has 1 fully saturated rings. The fraction of sp³-hybridized carbons (Fsp3) is 0.379. The topological polar surface area (TPSA) is 50.7 Å². The van der Waals surface area contributed by atoms with Crippen LogP contribution in [-0.2, 0) is 19.4 Å². The molecule has 194 valence electrons. The zero-order chi connectivity index (χ0) is 25.8. The van der Waals surface area contributed by atoms with Crippen LogP contribution >= 0.6 is 72.4 Å². The van der Waals surface area contributed by atoms with Crippen molar-refractivity contribution in [3.05, 3.63) is 75.1 Å². The minimum absolute atomic E-state index is 0.0578. The molecule has 1 aromatic heterocycles. The van der Waals surface area contributed by atoms with Gasteiger partial charge in [0.2, 0.25) is 0 Å². The second-order valence-corrected chi connectivity index (χ2v) is 14.1. The van der Waals surface area contributed by atoms with Crippen LogP contribution in [0.1, 0.15) is 76.9 Å². The van der Waals surface area contributed by atoms with Crippen LogP contribution in [0.2, 0.25) is 0 Å². The van der Waals surface area contributed by atoms with Crippen LogP contribution in [-0.4, -0.2) is 18.2 Å². The summed E-state index contributed by atoms with van der Waals surface area (Å²) in [5.74, 6) is 0.879. The Morgan fingerprint density at radius 1 is 1.08 bits per heavy atom. The van der Waals surface area contributed by atoms with E-state index < -0.39 is 0 Å². The van der Waals surface area contributed by atoms with Crippen LogP contribution in [0.4, 0.5) is 5.00 Å². The van der Waals surface area contributed by atoms with Crippen molar-refractivity contribution >= 4 is 89.6 Å². The van der Waals surface area contributed by atoms with Gasteiger partial charge in [-0.05, 0) is 119 Å². The first-order valence-corrected chi connectivity index (χ1v) is 16.6. The van der Waals surface area contributed by atoms with Gasteiger partial charge in [0.1, 0.15) is 17.4 Å². The van der Waals surface area contributed by atoms with Crippen LogP contribution in [0, 0.1) is 7.14 Å². The zero-order valence-electron chi connectivity index (χ0n) is 20.5. The lowest BCUT2D eigenvalue weighted by Gasteiger charge is -2.23. The molecular formula is C29H29BrI2N2O2S. The Hall–Kier alpha value is -0.980. The van der Waals surface area contributed by atoms with Crippen molar-refractivity contribution in [2.45, 2.75) is 70.4 Å². The van der Waals surface area contributed by atoms with Crippen LogP contribution < -0.4 is 10.1 Å². The number of amides is 1. The third-order valence-electron chi connectivity index (χ3n) is 6.97. The van der Waals surface area contributed by atoms with Gasteiger partial charge in [-0.25, -0.2) is 4.99 Å². The number of hydrogen-bond donors (Lipinski definition) is 1. The van der Waals surface area contributed by atoms with E-state index in [9.17, 15) is 4.79 Å². The molecule has 5 rings (SSSR count). The summed E-state index contributed by atoms with van der Waals surface area (Å²) in [6, 6.07) is 12.7. The molecule has 0 atom stereocenters. The standard InChI is InChI=1S/C29H29BrI2N2O2S/c30-20-12-10-18(11-13-20)17-36-27-19(14-21(31)15-24(27)32)16-33-29-26(23-8-4-5-9-25(23)37-29)28(35)34-22-6-2-1-3-7-22/h10-16,22H,1-9,17H2,(H,34,35). The number of ether oxygens (including phenoxy) is 1. The predicted molar refractivity (Wildman–Crippen MR) is 173 cm³/mol. The van der Waals surface area contributed by atoms with E-state index >= 15 is 0 Å². The molecule has 0 spiro atoms. The zero-order valence-corrected chi connectivity index (χ0v) is 27.2. The third-order valence-corrected chi connectivity index (χ3v) is 10.1. The lowest BCUT2D eigenvalue weighted by molar-refractivity contribution is 0.0927. The summed E-state index contributed by atoms with van der Waals surface area (Å²) in [5.41, 5.74) is 4.06. The van der Waals surface area contributed by atoms with Gasteiger partial charge in [0.05, 0.1) is 9.13 Å². The van der Waals surface area contributed by atoms with Gasteiger partial charge < -0.3 is 10.1 Å². The van der Waals surface area contributed by atoms with Crippen molar-refractivity contribution in [3.8, 4) is 5.75 Å². The summed E-state index contributed by atoms with van der Waals surface area (Å²) in [5, 5.41) is 4.17. The van der Waals surface area contributed by atoms with Gasteiger partial charge in [0, 0.05) is 30.7 Å². The number of aryl methyl sites for hydroxylation is 1. The van der Waals surface area contributed by atoms with Crippen LogP contribution in [0.3, 0.4) is 0 Å². The number of carbonyl (C=O) groups is 1. The minimum Gasteiger partial charge on any atom is -0.487 e. The molecule has 3 aromatic rings. The number of aliphatic imine (C=N–C) groups is 1. The lowest BCUT2D eigenvalue weighted by atomic mass is 9.93. The number of benzene rings is 2. The lowest BCUT2D eigenvalue weighted by Crippen LogP contribution is -2.36. The number of rotatable bonds is 7. The molecule has 0 saturated heterocycles. The maximum absolute atomic E-state index is 13.5. The normalized spacial score (nSPS) is 16.1. The molecule has 2 aliphatic carbocycles. The molecular weight excluding hydrogens is 774 g/mol. The van der Waals surface area contributed by atoms with E-state index in [1.807, 2.05) is 18.3 Å². The fourth-order valence-electron chi connectivity index (χ4n) is 5.07. The maximum Gasteiger partial charge on any atom is 0.254 e. The highest BCUT2D eigenvalue weighted by atomic mass is 127. The van der Waals surface area contributed by atoms with Gasteiger partial charge in [-0.1, -0.05) is 47.3 Å². The predicted octanol–water partition coefficient (Wildman–Crippen LogP) is 8.99. The first-order valence-electron chi connectivity index (χ1n) is 12.8. The highest BCUT2D eigenvalue weighted by Gasteiger charge is 2.27. The molecule has 2 aliphatic rings. The number of carbonyl (C=O) groups excluding carboxylic acids is 1. The van der Waals surface area contributed by atoms with E-state index in [0.717, 1.165) is 71.2 Å². The molecule has 2 aromatic carbocycles. The summed E-state index contributed by atoms with van der Waals surface area (Å²) in [4.78, 5) is 19.8. The van der Waals surface area contributed by atoms with E-state index in [-0.39, 0.29) is 11.9 Å². The maximum atomic E-state index is 13.5. The first-order chi connectivity index (χ1) is 18.0. The van der Waals surface area contributed by atoms with E-state index in [1.165, 1.54) is 36.1 Å². The molecule has 0 unspecified atom stereocenters. The highest BCUT2D eigenvalue weighted by Crippen LogP contribution is 2.40. The molecule has 1 heterocycles. The summed E-state index contributed by atoms with van der Waals surface area (Å²) in [6.45, 7) is 0.479. The molecule has 4 nitrogen and oxygen atoms in total. The smallest absolute Gasteiger partial charge is 0.254 e. The second kappa shape index (κ2) is 12.9. The Labute approximate surface area is 258 Å². The number of fused-ring (bicyclic) bond motifs is 1. The fourth-order valence-corrected chi connectivity index (χ4v) is 8.61. The minimum atomic E-state index is 0.0578. The van der Waals surface area contributed by atoms with Gasteiger partial charge in [0.25, 0.3) is 5.91 Å². The van der Waals surface area contributed by atoms with Gasteiger partial charge in [0.15, 0.2) is 0 Å². The summed E-state index contributed by atoms with van der Waals surface area (Å²) >= 11 is 9.85. The molecule has 8 heteroatoms. The van der Waals surface area contributed by atoms with Gasteiger partial charge in [-0.15, -0.1) is 11.3 Å². The van der Waals surface area contributed by atoms with Crippen molar-refractivity contribution in [2.24, 2.45) is 4.99 Å². The van der Waals surface area contributed by atoms with E-state index in [1.54, 1.807) is 11.3 Å². The number of thiophene rings is 1. The average Bonchev–Trinajstić information content (AvgIpc) is 3.27. The third kappa shape index (κ3) is 6.97. The first kappa shape index (κ1) is 27.6. The van der Waals surface area contributed by atoms with Gasteiger partial charge in [-0.3, -0.25) is 4.79 Å². The summed E-state index contributed by atoms with van der Waals surface area (Å²) < 4.78 is 9.52. The van der Waals surface area contributed by atoms with Crippen molar-refractivity contribution in [1.29, 1.82) is 0 Å². The van der Waals surface area contributed by atoms with E-state index in [2.05, 4.69) is 90.7 Å². The largest absolute Gasteiger partial charge is 0.487 e. The Balaban J connectivity index is 1.43. The Morgan fingerprint density at radius 3 is 2.62 bits per heavy atom. The van der Waals surface area contributed by atoms with Crippen molar-refractivity contribution < 1.29 is 9.53 Å². The Bertz CT molecular complexity index is 1300. The molecule has 1 amide bonds.